The Kier molecular flexibility index (Phi) is 5.44. The summed E-state index contributed by atoms with van der Waals surface area (Å²) >= 11 is 0. The second kappa shape index (κ2) is 7.96. The van der Waals surface area contributed by atoms with E-state index in [4.69, 9.17) is 9.47 Å². The predicted molar refractivity (Wildman–Crippen MR) is 107 cm³/mol. The van der Waals surface area contributed by atoms with Gasteiger partial charge in [0.05, 0.1) is 30.7 Å². The van der Waals surface area contributed by atoms with Crippen LogP contribution in [0, 0.1) is 10.1 Å². The van der Waals surface area contributed by atoms with Crippen molar-refractivity contribution in [3.05, 3.63) is 70.3 Å². The molecular weight excluding hydrogens is 360 g/mol. The molecule has 7 heteroatoms. The molecule has 0 aromatic heterocycles. The Morgan fingerprint density at radius 1 is 1.00 bits per heavy atom. The number of methoxy groups -OCH3 is 2. The van der Waals surface area contributed by atoms with Gasteiger partial charge < -0.3 is 14.8 Å². The van der Waals surface area contributed by atoms with Gasteiger partial charge in [-0.1, -0.05) is 24.3 Å². The number of ether oxygens (including phenoxy) is 2. The molecule has 0 radical (unpaired) electrons. The predicted octanol–water partition coefficient (Wildman–Crippen LogP) is 4.51. The van der Waals surface area contributed by atoms with Gasteiger partial charge in [0.2, 0.25) is 5.91 Å². The van der Waals surface area contributed by atoms with Crippen molar-refractivity contribution in [2.24, 2.45) is 0 Å². The van der Waals surface area contributed by atoms with E-state index in [-0.39, 0.29) is 17.3 Å². The number of rotatable bonds is 6. The van der Waals surface area contributed by atoms with Crippen LogP contribution in [0.25, 0.3) is 10.8 Å². The fraction of sp³-hybridized carbons (Fsp3) is 0.190. The number of fused-ring (bicyclic) bond motifs is 1. The van der Waals surface area contributed by atoms with Gasteiger partial charge in [-0.3, -0.25) is 14.9 Å². The van der Waals surface area contributed by atoms with E-state index in [1.807, 2.05) is 36.4 Å². The summed E-state index contributed by atoms with van der Waals surface area (Å²) in [6.07, 6.45) is 0. The van der Waals surface area contributed by atoms with Crippen LogP contribution in [-0.4, -0.2) is 25.1 Å². The van der Waals surface area contributed by atoms with Gasteiger partial charge >= 0.3 is 0 Å². The molecule has 1 atom stereocenters. The average molecular weight is 380 g/mol. The third-order valence-corrected chi connectivity index (χ3v) is 4.62. The molecule has 0 saturated carbocycles. The Morgan fingerprint density at radius 3 is 2.39 bits per heavy atom. The Hall–Kier alpha value is -3.61. The van der Waals surface area contributed by atoms with Crippen molar-refractivity contribution in [1.29, 1.82) is 0 Å². The van der Waals surface area contributed by atoms with Crippen molar-refractivity contribution in [1.82, 2.24) is 0 Å². The first-order chi connectivity index (χ1) is 13.4. The molecule has 7 nitrogen and oxygen atoms in total. The van der Waals surface area contributed by atoms with Crippen LogP contribution in [0.1, 0.15) is 18.4 Å². The fourth-order valence-corrected chi connectivity index (χ4v) is 2.94. The van der Waals surface area contributed by atoms with Gasteiger partial charge in [-0.25, -0.2) is 0 Å². The number of carbonyl (C=O) groups excluding carboxylic acids is 1. The highest BCUT2D eigenvalue weighted by molar-refractivity contribution is 5.98. The molecule has 1 N–H and O–H groups in total. The van der Waals surface area contributed by atoms with Crippen LogP contribution in [-0.2, 0) is 4.79 Å². The fourth-order valence-electron chi connectivity index (χ4n) is 2.94. The lowest BCUT2D eigenvalue weighted by molar-refractivity contribution is -0.384. The number of nitro groups is 1. The highest BCUT2D eigenvalue weighted by atomic mass is 16.6. The minimum absolute atomic E-state index is 0.122. The van der Waals surface area contributed by atoms with Gasteiger partial charge in [0, 0.05) is 12.1 Å². The zero-order valence-corrected chi connectivity index (χ0v) is 15.8. The molecule has 3 aromatic rings. The van der Waals surface area contributed by atoms with E-state index < -0.39 is 10.8 Å². The van der Waals surface area contributed by atoms with E-state index in [0.717, 1.165) is 22.1 Å². The van der Waals surface area contributed by atoms with Crippen LogP contribution in [0.2, 0.25) is 0 Å². The number of non-ortho nitro benzene ring substituents is 1. The van der Waals surface area contributed by atoms with Crippen molar-refractivity contribution in [3.63, 3.8) is 0 Å². The van der Waals surface area contributed by atoms with Crippen molar-refractivity contribution < 1.29 is 19.2 Å². The van der Waals surface area contributed by atoms with Crippen molar-refractivity contribution in [3.8, 4) is 11.5 Å². The van der Waals surface area contributed by atoms with Crippen LogP contribution in [0.4, 0.5) is 11.4 Å². The quantitative estimate of drug-likeness (QED) is 0.502. The van der Waals surface area contributed by atoms with Crippen LogP contribution in [0.15, 0.2) is 54.6 Å². The highest BCUT2D eigenvalue weighted by Crippen LogP contribution is 2.31. The van der Waals surface area contributed by atoms with Crippen LogP contribution < -0.4 is 14.8 Å². The number of benzene rings is 3. The summed E-state index contributed by atoms with van der Waals surface area (Å²) in [5.41, 5.74) is 0.974. The summed E-state index contributed by atoms with van der Waals surface area (Å²) in [5.74, 6) is 0.377. The number of nitrogens with one attached hydrogen (secondary N) is 1. The number of carbonyl (C=O) groups is 1. The van der Waals surface area contributed by atoms with Crippen molar-refractivity contribution in [2.75, 3.05) is 19.5 Å². The molecule has 3 rings (SSSR count). The van der Waals surface area contributed by atoms with E-state index in [2.05, 4.69) is 5.32 Å². The van der Waals surface area contributed by atoms with E-state index in [9.17, 15) is 14.9 Å². The maximum atomic E-state index is 12.7. The van der Waals surface area contributed by atoms with Crippen LogP contribution in [0.5, 0.6) is 11.5 Å². The summed E-state index contributed by atoms with van der Waals surface area (Å²) in [7, 11) is 3.06. The maximum Gasteiger partial charge on any atom is 0.271 e. The van der Waals surface area contributed by atoms with Crippen molar-refractivity contribution in [2.45, 2.75) is 12.8 Å². The number of hydrogen-bond acceptors (Lipinski definition) is 5. The van der Waals surface area contributed by atoms with Crippen LogP contribution >= 0.6 is 0 Å². The zero-order valence-electron chi connectivity index (χ0n) is 15.8. The lowest BCUT2D eigenvalue weighted by atomic mass is 9.97. The normalized spacial score (nSPS) is 11.7. The summed E-state index contributed by atoms with van der Waals surface area (Å²) < 4.78 is 10.4. The molecule has 0 aliphatic rings. The largest absolute Gasteiger partial charge is 0.497 e. The molecule has 28 heavy (non-hydrogen) atoms. The number of nitro benzene ring substituents is 1. The van der Waals surface area contributed by atoms with Gasteiger partial charge in [-0.2, -0.15) is 0 Å². The monoisotopic (exact) mass is 380 g/mol. The van der Waals surface area contributed by atoms with Crippen LogP contribution in [0.3, 0.4) is 0 Å². The van der Waals surface area contributed by atoms with Gasteiger partial charge in [-0.15, -0.1) is 0 Å². The molecule has 0 heterocycles. The number of nitrogens with zero attached hydrogens (tertiary/aromatic N) is 1. The number of amides is 1. The molecule has 0 spiro atoms. The molecule has 1 unspecified atom stereocenters. The first-order valence-electron chi connectivity index (χ1n) is 8.64. The second-order valence-corrected chi connectivity index (χ2v) is 6.33. The standard InChI is InChI=1S/C21H20N2O5/c1-13(14-4-5-16-11-18(27-2)8-6-15(16)10-14)21(24)22-19-12-17(23(25)26)7-9-20(19)28-3/h4-13H,1-3H3,(H,22,24). The molecule has 0 aliphatic carbocycles. The lowest BCUT2D eigenvalue weighted by Crippen LogP contribution is -2.19. The van der Waals surface area contributed by atoms with Gasteiger partial charge in [0.1, 0.15) is 11.5 Å². The van der Waals surface area contributed by atoms with Crippen molar-refractivity contribution >= 4 is 28.1 Å². The van der Waals surface area contributed by atoms with E-state index in [1.54, 1.807) is 14.0 Å². The average Bonchev–Trinajstić information content (AvgIpc) is 2.72. The second-order valence-electron chi connectivity index (χ2n) is 6.33. The number of anilines is 1. The Morgan fingerprint density at radius 2 is 1.71 bits per heavy atom. The molecule has 0 bridgehead atoms. The summed E-state index contributed by atoms with van der Waals surface area (Å²) in [5, 5.41) is 15.7. The van der Waals surface area contributed by atoms with Gasteiger partial charge in [0.15, 0.2) is 0 Å². The van der Waals surface area contributed by atoms with Gasteiger partial charge in [-0.05, 0) is 41.5 Å². The molecule has 144 valence electrons. The molecule has 0 saturated heterocycles. The third-order valence-electron chi connectivity index (χ3n) is 4.62. The van der Waals surface area contributed by atoms with E-state index >= 15 is 0 Å². The smallest absolute Gasteiger partial charge is 0.271 e. The Bertz CT molecular complexity index is 1050. The first kappa shape index (κ1) is 19.2. The maximum absolute atomic E-state index is 12.7. The zero-order chi connectivity index (χ0) is 20.3. The molecule has 1 amide bonds. The summed E-state index contributed by atoms with van der Waals surface area (Å²) in [6, 6.07) is 15.6. The van der Waals surface area contributed by atoms with Gasteiger partial charge in [0.25, 0.3) is 5.69 Å². The van der Waals surface area contributed by atoms with E-state index in [1.165, 1.54) is 25.3 Å². The third kappa shape index (κ3) is 3.88. The molecular formula is C21H20N2O5. The molecule has 3 aromatic carbocycles. The lowest BCUT2D eigenvalue weighted by Gasteiger charge is -2.15. The van der Waals surface area contributed by atoms with E-state index in [0.29, 0.717) is 5.75 Å². The SMILES string of the molecule is COc1ccc2cc(C(C)C(=O)Nc3cc([N+](=O)[O-])ccc3OC)ccc2c1. The minimum Gasteiger partial charge on any atom is -0.497 e. The highest BCUT2D eigenvalue weighted by Gasteiger charge is 2.19. The summed E-state index contributed by atoms with van der Waals surface area (Å²) in [6.45, 7) is 1.78. The Balaban J connectivity index is 1.86. The topological polar surface area (TPSA) is 90.7 Å². The Labute approximate surface area is 162 Å². The summed E-state index contributed by atoms with van der Waals surface area (Å²) in [4.78, 5) is 23.2. The minimum atomic E-state index is -0.518. The molecule has 0 fully saturated rings. The first-order valence-corrected chi connectivity index (χ1v) is 8.64. The molecule has 0 aliphatic heterocycles. The number of hydrogen-bond donors (Lipinski definition) is 1.